The van der Waals surface area contributed by atoms with Gasteiger partial charge in [-0.1, -0.05) is 12.1 Å². The molecule has 7 nitrogen and oxygen atoms in total. The molecule has 0 radical (unpaired) electrons. The SMILES string of the molecule is COc1ccc(S(=O)(=O)N(C)Cc2ccc(C(=O)NCCN(C)C)cc2)cc1. The predicted molar refractivity (Wildman–Crippen MR) is 109 cm³/mol. The van der Waals surface area contributed by atoms with E-state index in [1.807, 2.05) is 19.0 Å². The van der Waals surface area contributed by atoms with Crippen LogP contribution in [0.5, 0.6) is 5.75 Å². The van der Waals surface area contributed by atoms with Crippen molar-refractivity contribution in [3.8, 4) is 5.75 Å². The van der Waals surface area contributed by atoms with Crippen LogP contribution in [-0.2, 0) is 16.6 Å². The van der Waals surface area contributed by atoms with Crippen molar-refractivity contribution in [3.05, 3.63) is 59.7 Å². The van der Waals surface area contributed by atoms with Crippen molar-refractivity contribution in [2.75, 3.05) is 41.3 Å². The summed E-state index contributed by atoms with van der Waals surface area (Å²) in [7, 11) is 3.33. The quantitative estimate of drug-likeness (QED) is 0.688. The number of carbonyl (C=O) groups is 1. The molecule has 1 amide bonds. The molecule has 0 saturated heterocycles. The topological polar surface area (TPSA) is 79.0 Å². The van der Waals surface area contributed by atoms with Crippen molar-refractivity contribution >= 4 is 15.9 Å². The van der Waals surface area contributed by atoms with Gasteiger partial charge in [-0.15, -0.1) is 0 Å². The van der Waals surface area contributed by atoms with Crippen molar-refractivity contribution in [1.82, 2.24) is 14.5 Å². The second-order valence-electron chi connectivity index (χ2n) is 6.69. The first kappa shape index (κ1) is 21.9. The molecule has 0 aromatic heterocycles. The Balaban J connectivity index is 2.01. The zero-order valence-electron chi connectivity index (χ0n) is 16.7. The Bertz CT molecular complexity index is 879. The van der Waals surface area contributed by atoms with Gasteiger partial charge in [0.05, 0.1) is 12.0 Å². The van der Waals surface area contributed by atoms with Crippen molar-refractivity contribution in [3.63, 3.8) is 0 Å². The van der Waals surface area contributed by atoms with Gasteiger partial charge >= 0.3 is 0 Å². The summed E-state index contributed by atoms with van der Waals surface area (Å²) in [5.41, 5.74) is 1.34. The highest BCUT2D eigenvalue weighted by Crippen LogP contribution is 2.20. The molecule has 1 N–H and O–H groups in total. The van der Waals surface area contributed by atoms with Crippen LogP contribution < -0.4 is 10.1 Å². The van der Waals surface area contributed by atoms with E-state index in [1.165, 1.54) is 30.6 Å². The van der Waals surface area contributed by atoms with E-state index in [4.69, 9.17) is 4.74 Å². The van der Waals surface area contributed by atoms with E-state index in [9.17, 15) is 13.2 Å². The summed E-state index contributed by atoms with van der Waals surface area (Å²) < 4.78 is 31.7. The minimum absolute atomic E-state index is 0.146. The number of nitrogens with one attached hydrogen (secondary N) is 1. The Morgan fingerprint density at radius 2 is 1.61 bits per heavy atom. The molecule has 2 aromatic rings. The van der Waals surface area contributed by atoms with Gasteiger partial charge in [-0.2, -0.15) is 4.31 Å². The minimum Gasteiger partial charge on any atom is -0.497 e. The monoisotopic (exact) mass is 405 g/mol. The molecule has 0 aliphatic heterocycles. The Kier molecular flexibility index (Phi) is 7.56. The highest BCUT2D eigenvalue weighted by atomic mass is 32.2. The van der Waals surface area contributed by atoms with Gasteiger partial charge in [0.2, 0.25) is 10.0 Å². The van der Waals surface area contributed by atoms with Gasteiger partial charge in [0.1, 0.15) is 5.75 Å². The van der Waals surface area contributed by atoms with Gasteiger partial charge in [0, 0.05) is 32.2 Å². The number of benzene rings is 2. The number of likely N-dealkylation sites (N-methyl/N-ethyl adjacent to an activating group) is 1. The van der Waals surface area contributed by atoms with Crippen molar-refractivity contribution in [1.29, 1.82) is 0 Å². The Labute approximate surface area is 167 Å². The van der Waals surface area contributed by atoms with Crippen LogP contribution in [0.25, 0.3) is 0 Å². The van der Waals surface area contributed by atoms with Gasteiger partial charge in [0.25, 0.3) is 5.91 Å². The second-order valence-corrected chi connectivity index (χ2v) is 8.74. The molecule has 0 heterocycles. The van der Waals surface area contributed by atoms with E-state index < -0.39 is 10.0 Å². The Morgan fingerprint density at radius 1 is 1.00 bits per heavy atom. The van der Waals surface area contributed by atoms with Crippen LogP contribution in [0, 0.1) is 0 Å². The van der Waals surface area contributed by atoms with Crippen molar-refractivity contribution in [2.45, 2.75) is 11.4 Å². The van der Waals surface area contributed by atoms with Gasteiger partial charge in [0.15, 0.2) is 0 Å². The molecular formula is C20H27N3O4S. The van der Waals surface area contributed by atoms with Crippen molar-refractivity contribution in [2.24, 2.45) is 0 Å². The number of carbonyl (C=O) groups excluding carboxylic acids is 1. The van der Waals surface area contributed by atoms with E-state index in [0.29, 0.717) is 17.9 Å². The number of amides is 1. The van der Waals surface area contributed by atoms with Gasteiger partial charge in [-0.3, -0.25) is 4.79 Å². The number of rotatable bonds is 9. The van der Waals surface area contributed by atoms with Gasteiger partial charge in [-0.05, 0) is 56.1 Å². The number of sulfonamides is 1. The van der Waals surface area contributed by atoms with Crippen LogP contribution in [0.15, 0.2) is 53.4 Å². The molecule has 0 aliphatic carbocycles. The maximum absolute atomic E-state index is 12.7. The van der Waals surface area contributed by atoms with E-state index in [0.717, 1.165) is 12.1 Å². The molecule has 0 spiro atoms. The average Bonchev–Trinajstić information content (AvgIpc) is 2.68. The van der Waals surface area contributed by atoms with Crippen LogP contribution in [0.3, 0.4) is 0 Å². The predicted octanol–water partition coefficient (Wildman–Crippen LogP) is 1.81. The summed E-state index contributed by atoms with van der Waals surface area (Å²) in [6, 6.07) is 13.2. The largest absolute Gasteiger partial charge is 0.497 e. The minimum atomic E-state index is -3.61. The molecule has 2 aromatic carbocycles. The smallest absolute Gasteiger partial charge is 0.251 e. The highest BCUT2D eigenvalue weighted by Gasteiger charge is 2.21. The molecule has 0 bridgehead atoms. The lowest BCUT2D eigenvalue weighted by molar-refractivity contribution is 0.0951. The standard InChI is InChI=1S/C20H27N3O4S/c1-22(2)14-13-21-20(24)17-7-5-16(6-8-17)15-23(3)28(25,26)19-11-9-18(27-4)10-12-19/h5-12H,13-15H2,1-4H3,(H,21,24). The molecule has 0 fully saturated rings. The summed E-state index contributed by atoms with van der Waals surface area (Å²) in [5, 5.41) is 2.85. The summed E-state index contributed by atoms with van der Waals surface area (Å²) in [5.74, 6) is 0.452. The fourth-order valence-corrected chi connectivity index (χ4v) is 3.69. The number of hydrogen-bond acceptors (Lipinski definition) is 5. The summed E-state index contributed by atoms with van der Waals surface area (Å²) in [4.78, 5) is 14.3. The summed E-state index contributed by atoms with van der Waals surface area (Å²) in [6.07, 6.45) is 0. The molecule has 0 atom stereocenters. The molecule has 2 rings (SSSR count). The molecule has 8 heteroatoms. The number of hydrogen-bond donors (Lipinski definition) is 1. The third-order valence-corrected chi connectivity index (χ3v) is 6.05. The fourth-order valence-electron chi connectivity index (χ4n) is 2.53. The second kappa shape index (κ2) is 9.68. The molecular weight excluding hydrogens is 378 g/mol. The van der Waals surface area contributed by atoms with Crippen LogP contribution in [0.4, 0.5) is 0 Å². The average molecular weight is 406 g/mol. The zero-order chi connectivity index (χ0) is 20.7. The van der Waals surface area contributed by atoms with Crippen LogP contribution >= 0.6 is 0 Å². The number of methoxy groups -OCH3 is 1. The van der Waals surface area contributed by atoms with E-state index >= 15 is 0 Å². The zero-order valence-corrected chi connectivity index (χ0v) is 17.5. The lowest BCUT2D eigenvalue weighted by Crippen LogP contribution is -2.31. The summed E-state index contributed by atoms with van der Waals surface area (Å²) in [6.45, 7) is 1.53. The maximum atomic E-state index is 12.7. The normalized spacial score (nSPS) is 11.6. The molecule has 0 unspecified atom stereocenters. The van der Waals surface area contributed by atoms with Crippen LogP contribution in [-0.4, -0.2) is 64.9 Å². The van der Waals surface area contributed by atoms with Crippen molar-refractivity contribution < 1.29 is 17.9 Å². The first-order valence-corrected chi connectivity index (χ1v) is 10.3. The number of nitrogens with zero attached hydrogens (tertiary/aromatic N) is 2. The lowest BCUT2D eigenvalue weighted by atomic mass is 10.1. The van der Waals surface area contributed by atoms with Crippen LogP contribution in [0.1, 0.15) is 15.9 Å². The van der Waals surface area contributed by atoms with E-state index in [1.54, 1.807) is 36.4 Å². The maximum Gasteiger partial charge on any atom is 0.251 e. The first-order valence-electron chi connectivity index (χ1n) is 8.86. The highest BCUT2D eigenvalue weighted by molar-refractivity contribution is 7.89. The number of ether oxygens (including phenoxy) is 1. The third-order valence-electron chi connectivity index (χ3n) is 4.23. The van der Waals surface area contributed by atoms with E-state index in [2.05, 4.69) is 5.32 Å². The Hall–Kier alpha value is -2.42. The third kappa shape index (κ3) is 5.79. The van der Waals surface area contributed by atoms with Gasteiger partial charge in [-0.25, -0.2) is 8.42 Å². The first-order chi connectivity index (χ1) is 13.2. The van der Waals surface area contributed by atoms with Gasteiger partial charge < -0.3 is 15.0 Å². The van der Waals surface area contributed by atoms with E-state index in [-0.39, 0.29) is 17.3 Å². The molecule has 0 saturated carbocycles. The summed E-state index contributed by atoms with van der Waals surface area (Å²) >= 11 is 0. The van der Waals surface area contributed by atoms with Crippen LogP contribution in [0.2, 0.25) is 0 Å². The lowest BCUT2D eigenvalue weighted by Gasteiger charge is -2.18. The molecule has 152 valence electrons. The molecule has 0 aliphatic rings. The molecule has 28 heavy (non-hydrogen) atoms. The Morgan fingerprint density at radius 3 is 2.14 bits per heavy atom. The fraction of sp³-hybridized carbons (Fsp3) is 0.350.